The fraction of sp³-hybridized carbons (Fsp3) is 0.500. The number of ether oxygens (including phenoxy) is 1. The summed E-state index contributed by atoms with van der Waals surface area (Å²) in [6.45, 7) is 0.716. The standard InChI is InChI=1S/C12H16N4O2S/c1-18-12(17)9-4-2-3-7-16(9)11-8(10(13)19)5-6-14-15-11/h5-6,9H,2-4,7H2,1H3,(H2,13,19). The van der Waals surface area contributed by atoms with Crippen molar-refractivity contribution in [3.8, 4) is 0 Å². The number of hydrogen-bond donors (Lipinski definition) is 1. The molecule has 2 N–H and O–H groups in total. The molecule has 0 bridgehead atoms. The fourth-order valence-corrected chi connectivity index (χ4v) is 2.45. The summed E-state index contributed by atoms with van der Waals surface area (Å²) in [5, 5.41) is 7.95. The van der Waals surface area contributed by atoms with Gasteiger partial charge < -0.3 is 15.4 Å². The van der Waals surface area contributed by atoms with E-state index in [1.54, 1.807) is 6.07 Å². The Hall–Kier alpha value is -1.76. The van der Waals surface area contributed by atoms with E-state index in [-0.39, 0.29) is 17.0 Å². The first-order valence-corrected chi connectivity index (χ1v) is 6.52. The minimum absolute atomic E-state index is 0.249. The first-order chi connectivity index (χ1) is 9.15. The van der Waals surface area contributed by atoms with Crippen molar-refractivity contribution in [3.63, 3.8) is 0 Å². The zero-order valence-corrected chi connectivity index (χ0v) is 11.5. The minimum atomic E-state index is -0.344. The summed E-state index contributed by atoms with van der Waals surface area (Å²) in [6.07, 6.45) is 4.24. The van der Waals surface area contributed by atoms with E-state index in [2.05, 4.69) is 10.2 Å². The predicted molar refractivity (Wildman–Crippen MR) is 74.9 cm³/mol. The van der Waals surface area contributed by atoms with Crippen LogP contribution in [0, 0.1) is 0 Å². The van der Waals surface area contributed by atoms with Gasteiger partial charge in [0.15, 0.2) is 5.82 Å². The van der Waals surface area contributed by atoms with E-state index in [1.807, 2.05) is 4.90 Å². The van der Waals surface area contributed by atoms with Crippen LogP contribution in [0.5, 0.6) is 0 Å². The molecule has 19 heavy (non-hydrogen) atoms. The van der Waals surface area contributed by atoms with Crippen molar-refractivity contribution in [3.05, 3.63) is 17.8 Å². The van der Waals surface area contributed by atoms with Crippen LogP contribution < -0.4 is 10.6 Å². The second-order valence-corrected chi connectivity index (χ2v) is 4.80. The number of piperidine rings is 1. The molecule has 1 fully saturated rings. The van der Waals surface area contributed by atoms with E-state index in [1.165, 1.54) is 13.3 Å². The maximum Gasteiger partial charge on any atom is 0.328 e. The highest BCUT2D eigenvalue weighted by Crippen LogP contribution is 2.26. The maximum atomic E-state index is 11.9. The quantitative estimate of drug-likeness (QED) is 0.643. The topological polar surface area (TPSA) is 81.3 Å². The highest BCUT2D eigenvalue weighted by molar-refractivity contribution is 7.80. The highest BCUT2D eigenvalue weighted by Gasteiger charge is 2.32. The summed E-state index contributed by atoms with van der Waals surface area (Å²) in [7, 11) is 1.39. The van der Waals surface area contributed by atoms with E-state index in [4.69, 9.17) is 22.7 Å². The van der Waals surface area contributed by atoms with Gasteiger partial charge in [0.25, 0.3) is 0 Å². The predicted octanol–water partition coefficient (Wildman–Crippen LogP) is 0.643. The van der Waals surface area contributed by atoms with Gasteiger partial charge in [-0.05, 0) is 25.3 Å². The van der Waals surface area contributed by atoms with Gasteiger partial charge >= 0.3 is 5.97 Å². The van der Waals surface area contributed by atoms with Crippen LogP contribution in [0.25, 0.3) is 0 Å². The van der Waals surface area contributed by atoms with Crippen LogP contribution in [0.4, 0.5) is 5.82 Å². The van der Waals surface area contributed by atoms with Crippen LogP contribution in [-0.2, 0) is 9.53 Å². The molecular formula is C12H16N4O2S. The number of aromatic nitrogens is 2. The third kappa shape index (κ3) is 2.81. The Morgan fingerprint density at radius 2 is 2.37 bits per heavy atom. The SMILES string of the molecule is COC(=O)C1CCCCN1c1nnccc1C(N)=S. The molecule has 1 aromatic rings. The van der Waals surface area contributed by atoms with Crippen LogP contribution in [0.2, 0.25) is 0 Å². The van der Waals surface area contributed by atoms with Crippen molar-refractivity contribution in [1.82, 2.24) is 10.2 Å². The van der Waals surface area contributed by atoms with Crippen molar-refractivity contribution < 1.29 is 9.53 Å². The summed E-state index contributed by atoms with van der Waals surface area (Å²) >= 11 is 5.02. The number of nitrogens with two attached hydrogens (primary N) is 1. The molecule has 1 atom stereocenters. The highest BCUT2D eigenvalue weighted by atomic mass is 32.1. The number of hydrogen-bond acceptors (Lipinski definition) is 6. The first-order valence-electron chi connectivity index (χ1n) is 6.11. The van der Waals surface area contributed by atoms with Gasteiger partial charge in [0, 0.05) is 6.54 Å². The summed E-state index contributed by atoms with van der Waals surface area (Å²) in [5.41, 5.74) is 6.34. The lowest BCUT2D eigenvalue weighted by Gasteiger charge is -2.35. The van der Waals surface area contributed by atoms with Gasteiger partial charge in [-0.1, -0.05) is 12.2 Å². The molecule has 0 aliphatic carbocycles. The van der Waals surface area contributed by atoms with E-state index in [9.17, 15) is 4.79 Å². The van der Waals surface area contributed by atoms with Crippen molar-refractivity contribution >= 4 is 29.0 Å². The van der Waals surface area contributed by atoms with Crippen LogP contribution in [-0.4, -0.2) is 40.9 Å². The Labute approximate surface area is 116 Å². The molecule has 102 valence electrons. The number of anilines is 1. The average Bonchev–Trinajstić information content (AvgIpc) is 2.46. The molecule has 0 spiro atoms. The number of esters is 1. The van der Waals surface area contributed by atoms with Gasteiger partial charge in [-0.2, -0.15) is 5.10 Å². The number of rotatable bonds is 3. The lowest BCUT2D eigenvalue weighted by molar-refractivity contribution is -0.142. The minimum Gasteiger partial charge on any atom is -0.467 e. The van der Waals surface area contributed by atoms with Gasteiger partial charge in [0.05, 0.1) is 18.9 Å². The molecule has 1 aliphatic rings. The number of nitrogens with zero attached hydrogens (tertiary/aromatic N) is 3. The van der Waals surface area contributed by atoms with Crippen molar-refractivity contribution in [2.75, 3.05) is 18.6 Å². The lowest BCUT2D eigenvalue weighted by atomic mass is 10.0. The second-order valence-electron chi connectivity index (χ2n) is 4.36. The number of carbonyl (C=O) groups is 1. The van der Waals surface area contributed by atoms with Crippen LogP contribution >= 0.6 is 12.2 Å². The van der Waals surface area contributed by atoms with E-state index in [0.717, 1.165) is 19.3 Å². The molecule has 0 amide bonds. The van der Waals surface area contributed by atoms with Crippen molar-refractivity contribution in [2.45, 2.75) is 25.3 Å². The van der Waals surface area contributed by atoms with Gasteiger partial charge in [0.2, 0.25) is 0 Å². The Morgan fingerprint density at radius 3 is 3.05 bits per heavy atom. The Balaban J connectivity index is 2.37. The third-order valence-corrected chi connectivity index (χ3v) is 3.43. The van der Waals surface area contributed by atoms with E-state index in [0.29, 0.717) is 17.9 Å². The zero-order valence-electron chi connectivity index (χ0n) is 10.7. The summed E-state index contributed by atoms with van der Waals surface area (Å²) in [6, 6.07) is 1.37. The van der Waals surface area contributed by atoms with Crippen LogP contribution in [0.1, 0.15) is 24.8 Å². The molecule has 7 heteroatoms. The third-order valence-electron chi connectivity index (χ3n) is 3.21. The Kier molecular flexibility index (Phi) is 4.26. The number of carbonyl (C=O) groups excluding carboxylic acids is 1. The normalized spacial score (nSPS) is 19.0. The van der Waals surface area contributed by atoms with E-state index >= 15 is 0 Å². The molecule has 1 aromatic heterocycles. The van der Waals surface area contributed by atoms with Gasteiger partial charge in [-0.25, -0.2) is 4.79 Å². The van der Waals surface area contributed by atoms with E-state index < -0.39 is 0 Å². The lowest BCUT2D eigenvalue weighted by Crippen LogP contribution is -2.46. The number of thiocarbonyl (C=S) groups is 1. The van der Waals surface area contributed by atoms with Gasteiger partial charge in [-0.3, -0.25) is 0 Å². The first kappa shape index (κ1) is 13.7. The van der Waals surface area contributed by atoms with Gasteiger partial charge in [-0.15, -0.1) is 5.10 Å². The van der Waals surface area contributed by atoms with Crippen molar-refractivity contribution in [1.29, 1.82) is 0 Å². The Morgan fingerprint density at radius 1 is 1.58 bits per heavy atom. The van der Waals surface area contributed by atoms with Crippen molar-refractivity contribution in [2.24, 2.45) is 5.73 Å². The summed E-state index contributed by atoms with van der Waals surface area (Å²) in [5.74, 6) is 0.296. The molecule has 2 rings (SSSR count). The van der Waals surface area contributed by atoms with Crippen LogP contribution in [0.15, 0.2) is 12.3 Å². The molecule has 1 saturated heterocycles. The molecule has 0 saturated carbocycles. The largest absolute Gasteiger partial charge is 0.467 e. The molecule has 2 heterocycles. The summed E-state index contributed by atoms with van der Waals surface area (Å²) < 4.78 is 4.85. The molecule has 1 unspecified atom stereocenters. The second kappa shape index (κ2) is 5.92. The molecular weight excluding hydrogens is 264 g/mol. The molecule has 0 radical (unpaired) electrons. The average molecular weight is 280 g/mol. The fourth-order valence-electron chi connectivity index (χ4n) is 2.29. The Bertz CT molecular complexity index is 494. The smallest absolute Gasteiger partial charge is 0.328 e. The summed E-state index contributed by atoms with van der Waals surface area (Å²) in [4.78, 5) is 14.0. The molecule has 0 aromatic carbocycles. The molecule has 6 nitrogen and oxygen atoms in total. The maximum absolute atomic E-state index is 11.9. The number of methoxy groups -OCH3 is 1. The van der Waals surface area contributed by atoms with Crippen LogP contribution in [0.3, 0.4) is 0 Å². The molecule has 1 aliphatic heterocycles. The van der Waals surface area contributed by atoms with Gasteiger partial charge in [0.1, 0.15) is 11.0 Å². The monoisotopic (exact) mass is 280 g/mol. The zero-order chi connectivity index (χ0) is 13.8.